The van der Waals surface area contributed by atoms with Crippen molar-refractivity contribution in [3.8, 4) is 0 Å². The Hall–Kier alpha value is -0.830. The van der Waals surface area contributed by atoms with Gasteiger partial charge in [0.2, 0.25) is 5.91 Å². The molecule has 0 aromatic rings. The van der Waals surface area contributed by atoms with Crippen LogP contribution in [0.4, 0.5) is 0 Å². The third-order valence-electron chi connectivity index (χ3n) is 1.08. The maximum absolute atomic E-state index is 10.8. The Kier molecular flexibility index (Phi) is 5.47. The summed E-state index contributed by atoms with van der Waals surface area (Å²) in [6.07, 6.45) is 1.95. The molecule has 0 aliphatic rings. The molecule has 0 unspecified atom stereocenters. The molecule has 0 aliphatic carbocycles. The summed E-state index contributed by atoms with van der Waals surface area (Å²) in [5.74, 6) is -0.0787. The minimum absolute atomic E-state index is 0.0787. The van der Waals surface area contributed by atoms with Gasteiger partial charge in [-0.25, -0.2) is 0 Å². The predicted octanol–water partition coefficient (Wildman–Crippen LogP) is 0.715. The Morgan fingerprint density at radius 1 is 1.55 bits per heavy atom. The van der Waals surface area contributed by atoms with Gasteiger partial charge in [-0.1, -0.05) is 11.6 Å². The van der Waals surface area contributed by atoms with Crippen LogP contribution in [0.3, 0.4) is 0 Å². The largest absolute Gasteiger partial charge is 0.375 e. The number of hydrogen-bond donors (Lipinski definition) is 1. The van der Waals surface area contributed by atoms with Gasteiger partial charge in [0.05, 0.1) is 0 Å². The van der Waals surface area contributed by atoms with E-state index >= 15 is 0 Å². The van der Waals surface area contributed by atoms with Crippen molar-refractivity contribution in [3.05, 3.63) is 11.6 Å². The van der Waals surface area contributed by atoms with Crippen LogP contribution in [0.2, 0.25) is 0 Å². The van der Waals surface area contributed by atoms with Crippen molar-refractivity contribution in [3.63, 3.8) is 0 Å². The minimum atomic E-state index is -0.0787. The number of hydrogen-bond acceptors (Lipinski definition) is 2. The molecule has 1 amide bonds. The number of ether oxygens (including phenoxy) is 1. The summed E-state index contributed by atoms with van der Waals surface area (Å²) in [7, 11) is 1.50. The second kappa shape index (κ2) is 5.92. The smallest absolute Gasteiger partial charge is 0.246 e. The normalized spacial score (nSPS) is 9.00. The first-order valence-electron chi connectivity index (χ1n) is 3.56. The molecule has 11 heavy (non-hydrogen) atoms. The predicted molar refractivity (Wildman–Crippen MR) is 44.3 cm³/mol. The van der Waals surface area contributed by atoms with Crippen LogP contribution in [0.15, 0.2) is 11.6 Å². The molecule has 0 saturated heterocycles. The van der Waals surface area contributed by atoms with Gasteiger partial charge in [-0.3, -0.25) is 4.79 Å². The standard InChI is InChI=1S/C8H15NO2/c1-7(2)4-5-9-8(10)6-11-3/h4H,5-6H2,1-3H3,(H,9,10). The highest BCUT2D eigenvalue weighted by Crippen LogP contribution is 1.84. The van der Waals surface area contributed by atoms with Gasteiger partial charge in [-0.15, -0.1) is 0 Å². The van der Waals surface area contributed by atoms with Crippen molar-refractivity contribution in [1.82, 2.24) is 5.32 Å². The van der Waals surface area contributed by atoms with Crippen molar-refractivity contribution in [2.75, 3.05) is 20.3 Å². The van der Waals surface area contributed by atoms with Gasteiger partial charge in [0, 0.05) is 13.7 Å². The first kappa shape index (κ1) is 10.2. The zero-order valence-electron chi connectivity index (χ0n) is 7.31. The van der Waals surface area contributed by atoms with Crippen molar-refractivity contribution in [1.29, 1.82) is 0 Å². The number of amides is 1. The first-order chi connectivity index (χ1) is 5.16. The quantitative estimate of drug-likeness (QED) is 0.610. The molecule has 0 aromatic carbocycles. The van der Waals surface area contributed by atoms with Crippen LogP contribution >= 0.6 is 0 Å². The average molecular weight is 157 g/mol. The van der Waals surface area contributed by atoms with Crippen LogP contribution in [-0.4, -0.2) is 26.2 Å². The highest BCUT2D eigenvalue weighted by molar-refractivity contribution is 5.77. The van der Waals surface area contributed by atoms with Gasteiger partial charge >= 0.3 is 0 Å². The molecule has 0 saturated carbocycles. The monoisotopic (exact) mass is 157 g/mol. The van der Waals surface area contributed by atoms with Gasteiger partial charge < -0.3 is 10.1 Å². The number of allylic oxidation sites excluding steroid dienone is 1. The lowest BCUT2D eigenvalue weighted by molar-refractivity contribution is -0.124. The second-order valence-electron chi connectivity index (χ2n) is 2.52. The summed E-state index contributed by atoms with van der Waals surface area (Å²) in [6.45, 7) is 4.70. The van der Waals surface area contributed by atoms with Gasteiger partial charge in [-0.05, 0) is 13.8 Å². The van der Waals surface area contributed by atoms with Crippen LogP contribution in [-0.2, 0) is 9.53 Å². The molecule has 64 valence electrons. The molecule has 3 heteroatoms. The van der Waals surface area contributed by atoms with Gasteiger partial charge in [0.1, 0.15) is 6.61 Å². The Morgan fingerprint density at radius 3 is 2.64 bits per heavy atom. The highest BCUT2D eigenvalue weighted by atomic mass is 16.5. The molecule has 0 rings (SSSR count). The van der Waals surface area contributed by atoms with Crippen LogP contribution in [0, 0.1) is 0 Å². The molecule has 0 aromatic heterocycles. The maximum atomic E-state index is 10.8. The number of nitrogens with one attached hydrogen (secondary N) is 1. The van der Waals surface area contributed by atoms with E-state index < -0.39 is 0 Å². The molecule has 0 fully saturated rings. The van der Waals surface area contributed by atoms with Crippen LogP contribution < -0.4 is 5.32 Å². The summed E-state index contributed by atoms with van der Waals surface area (Å²) in [5, 5.41) is 2.67. The molecule has 0 aliphatic heterocycles. The maximum Gasteiger partial charge on any atom is 0.246 e. The lowest BCUT2D eigenvalue weighted by Crippen LogP contribution is -2.27. The fraction of sp³-hybridized carbons (Fsp3) is 0.625. The molecule has 0 spiro atoms. The van der Waals surface area contributed by atoms with Crippen molar-refractivity contribution >= 4 is 5.91 Å². The number of rotatable bonds is 4. The van der Waals surface area contributed by atoms with E-state index in [1.165, 1.54) is 12.7 Å². The van der Waals surface area contributed by atoms with Gasteiger partial charge in [0.15, 0.2) is 0 Å². The lowest BCUT2D eigenvalue weighted by Gasteiger charge is -1.99. The summed E-state index contributed by atoms with van der Waals surface area (Å²) < 4.78 is 4.63. The molecule has 0 heterocycles. The SMILES string of the molecule is COCC(=O)NCC=C(C)C. The molecule has 0 atom stereocenters. The molecule has 0 radical (unpaired) electrons. The zero-order valence-corrected chi connectivity index (χ0v) is 7.31. The highest BCUT2D eigenvalue weighted by Gasteiger charge is 1.95. The third-order valence-corrected chi connectivity index (χ3v) is 1.08. The fourth-order valence-electron chi connectivity index (χ4n) is 0.551. The fourth-order valence-corrected chi connectivity index (χ4v) is 0.551. The van der Waals surface area contributed by atoms with E-state index in [1.54, 1.807) is 0 Å². The topological polar surface area (TPSA) is 38.3 Å². The lowest BCUT2D eigenvalue weighted by atomic mass is 10.3. The van der Waals surface area contributed by atoms with Crippen LogP contribution in [0.5, 0.6) is 0 Å². The summed E-state index contributed by atoms with van der Waals surface area (Å²) in [4.78, 5) is 10.8. The molecular weight excluding hydrogens is 142 g/mol. The van der Waals surface area contributed by atoms with Gasteiger partial charge in [-0.2, -0.15) is 0 Å². The first-order valence-corrected chi connectivity index (χ1v) is 3.56. The van der Waals surface area contributed by atoms with E-state index in [1.807, 2.05) is 19.9 Å². The Bertz CT molecular complexity index is 148. The Balaban J connectivity index is 3.39. The molecule has 1 N–H and O–H groups in total. The number of carbonyl (C=O) groups is 1. The average Bonchev–Trinajstić information content (AvgIpc) is 1.87. The Labute approximate surface area is 67.4 Å². The van der Waals surface area contributed by atoms with E-state index in [0.717, 1.165) is 0 Å². The summed E-state index contributed by atoms with van der Waals surface area (Å²) in [5.41, 5.74) is 1.20. The molecular formula is C8H15NO2. The van der Waals surface area contributed by atoms with E-state index in [4.69, 9.17) is 0 Å². The Morgan fingerprint density at radius 2 is 2.18 bits per heavy atom. The molecule has 3 nitrogen and oxygen atoms in total. The van der Waals surface area contributed by atoms with Crippen molar-refractivity contribution < 1.29 is 9.53 Å². The number of methoxy groups -OCH3 is 1. The second-order valence-corrected chi connectivity index (χ2v) is 2.52. The van der Waals surface area contributed by atoms with E-state index in [9.17, 15) is 4.79 Å². The zero-order chi connectivity index (χ0) is 8.69. The van der Waals surface area contributed by atoms with Crippen LogP contribution in [0.25, 0.3) is 0 Å². The number of carbonyl (C=O) groups excluding carboxylic acids is 1. The van der Waals surface area contributed by atoms with Crippen molar-refractivity contribution in [2.45, 2.75) is 13.8 Å². The van der Waals surface area contributed by atoms with Gasteiger partial charge in [0.25, 0.3) is 0 Å². The van der Waals surface area contributed by atoms with Crippen molar-refractivity contribution in [2.24, 2.45) is 0 Å². The van der Waals surface area contributed by atoms with E-state index in [0.29, 0.717) is 6.54 Å². The third kappa shape index (κ3) is 7.06. The summed E-state index contributed by atoms with van der Waals surface area (Å²) >= 11 is 0. The van der Waals surface area contributed by atoms with E-state index in [2.05, 4.69) is 10.1 Å². The minimum Gasteiger partial charge on any atom is -0.375 e. The molecule has 0 bridgehead atoms. The van der Waals surface area contributed by atoms with E-state index in [-0.39, 0.29) is 12.5 Å². The van der Waals surface area contributed by atoms with Crippen LogP contribution in [0.1, 0.15) is 13.8 Å². The summed E-state index contributed by atoms with van der Waals surface area (Å²) in [6, 6.07) is 0.